The van der Waals surface area contributed by atoms with Crippen molar-refractivity contribution in [1.82, 2.24) is 15.2 Å². The van der Waals surface area contributed by atoms with Crippen LogP contribution in [0, 0.1) is 5.82 Å². The molecule has 7 heteroatoms. The zero-order chi connectivity index (χ0) is 21.6. The van der Waals surface area contributed by atoms with Gasteiger partial charge in [-0.05, 0) is 47.0 Å². The van der Waals surface area contributed by atoms with Gasteiger partial charge < -0.3 is 15.0 Å². The minimum atomic E-state index is -0.623. The number of ether oxygens (including phenoxy) is 1. The number of carbonyl (C=O) groups is 2. The second-order valence-corrected chi connectivity index (χ2v) is 7.28. The summed E-state index contributed by atoms with van der Waals surface area (Å²) < 4.78 is 18.5. The fourth-order valence-corrected chi connectivity index (χ4v) is 3.61. The number of hydrogen-bond acceptors (Lipinski definition) is 4. The van der Waals surface area contributed by atoms with Gasteiger partial charge in [0.05, 0.1) is 0 Å². The standard InChI is InChI=1S/C24H22FN3O3/c25-20-6-8-21(9-7-20)31-16-23(29)28-12-11-27-24(30)22(28)14-17-3-1-4-18(13-17)19-5-2-10-26-15-19/h1-10,13,15,22H,11-12,14,16H2,(H,27,30). The Hall–Kier alpha value is -3.74. The summed E-state index contributed by atoms with van der Waals surface area (Å²) in [7, 11) is 0. The molecule has 0 bridgehead atoms. The number of benzene rings is 2. The van der Waals surface area contributed by atoms with Crippen molar-refractivity contribution in [2.24, 2.45) is 0 Å². The lowest BCUT2D eigenvalue weighted by Gasteiger charge is -2.35. The molecule has 0 radical (unpaired) electrons. The van der Waals surface area contributed by atoms with E-state index in [0.29, 0.717) is 25.3 Å². The van der Waals surface area contributed by atoms with Crippen LogP contribution in [0.2, 0.25) is 0 Å². The first-order valence-electron chi connectivity index (χ1n) is 10.0. The Labute approximate surface area is 179 Å². The maximum absolute atomic E-state index is 13.0. The molecule has 0 aliphatic carbocycles. The third-order valence-corrected chi connectivity index (χ3v) is 5.18. The Morgan fingerprint density at radius 1 is 1.13 bits per heavy atom. The van der Waals surface area contributed by atoms with Gasteiger partial charge >= 0.3 is 0 Å². The minimum Gasteiger partial charge on any atom is -0.484 e. The molecule has 1 aliphatic heterocycles. The van der Waals surface area contributed by atoms with Gasteiger partial charge in [-0.15, -0.1) is 0 Å². The first-order chi connectivity index (χ1) is 15.1. The van der Waals surface area contributed by atoms with E-state index in [4.69, 9.17) is 4.74 Å². The number of carbonyl (C=O) groups excluding carboxylic acids is 2. The summed E-state index contributed by atoms with van der Waals surface area (Å²) >= 11 is 0. The molecule has 0 saturated carbocycles. The average Bonchev–Trinajstić information content (AvgIpc) is 2.80. The highest BCUT2D eigenvalue weighted by molar-refractivity contribution is 5.89. The molecule has 1 aromatic heterocycles. The van der Waals surface area contributed by atoms with Crippen molar-refractivity contribution in [1.29, 1.82) is 0 Å². The monoisotopic (exact) mass is 419 g/mol. The van der Waals surface area contributed by atoms with E-state index in [1.807, 2.05) is 36.4 Å². The zero-order valence-electron chi connectivity index (χ0n) is 16.8. The number of rotatable bonds is 6. The Morgan fingerprint density at radius 2 is 1.94 bits per heavy atom. The molecule has 2 aromatic carbocycles. The van der Waals surface area contributed by atoms with Gasteiger partial charge in [0.1, 0.15) is 17.6 Å². The molecular weight excluding hydrogens is 397 g/mol. The van der Waals surface area contributed by atoms with Gasteiger partial charge in [-0.25, -0.2) is 4.39 Å². The molecule has 1 atom stereocenters. The van der Waals surface area contributed by atoms with E-state index < -0.39 is 6.04 Å². The van der Waals surface area contributed by atoms with Crippen LogP contribution in [0.15, 0.2) is 73.1 Å². The van der Waals surface area contributed by atoms with E-state index >= 15 is 0 Å². The molecule has 1 fully saturated rings. The molecule has 1 saturated heterocycles. The van der Waals surface area contributed by atoms with Crippen molar-refractivity contribution in [3.63, 3.8) is 0 Å². The fourth-order valence-electron chi connectivity index (χ4n) is 3.61. The smallest absolute Gasteiger partial charge is 0.261 e. The molecule has 4 rings (SSSR count). The number of aromatic nitrogens is 1. The molecule has 3 aromatic rings. The van der Waals surface area contributed by atoms with Crippen molar-refractivity contribution in [2.45, 2.75) is 12.5 Å². The highest BCUT2D eigenvalue weighted by Gasteiger charge is 2.33. The van der Waals surface area contributed by atoms with Gasteiger partial charge in [0, 0.05) is 31.9 Å². The van der Waals surface area contributed by atoms with Gasteiger partial charge in [-0.3, -0.25) is 14.6 Å². The first-order valence-corrected chi connectivity index (χ1v) is 10.0. The number of amides is 2. The van der Waals surface area contributed by atoms with Crippen molar-refractivity contribution in [3.8, 4) is 16.9 Å². The normalized spacial score (nSPS) is 16.0. The van der Waals surface area contributed by atoms with E-state index in [1.54, 1.807) is 17.3 Å². The van der Waals surface area contributed by atoms with Crippen molar-refractivity contribution < 1.29 is 18.7 Å². The van der Waals surface area contributed by atoms with Gasteiger partial charge in [0.25, 0.3) is 5.91 Å². The SMILES string of the molecule is O=C1NCCN(C(=O)COc2ccc(F)cc2)C1Cc1cccc(-c2cccnc2)c1. The Balaban J connectivity index is 1.47. The second-order valence-electron chi connectivity index (χ2n) is 7.28. The van der Waals surface area contributed by atoms with Crippen molar-refractivity contribution in [2.75, 3.05) is 19.7 Å². The third kappa shape index (κ3) is 5.06. The van der Waals surface area contributed by atoms with Gasteiger partial charge in [-0.2, -0.15) is 0 Å². The molecule has 2 amide bonds. The largest absolute Gasteiger partial charge is 0.484 e. The van der Waals surface area contributed by atoms with Crippen LogP contribution in [0.25, 0.3) is 11.1 Å². The van der Waals surface area contributed by atoms with Gasteiger partial charge in [0.2, 0.25) is 5.91 Å². The van der Waals surface area contributed by atoms with E-state index in [1.165, 1.54) is 24.3 Å². The molecule has 1 unspecified atom stereocenters. The maximum atomic E-state index is 13.0. The quantitative estimate of drug-likeness (QED) is 0.667. The summed E-state index contributed by atoms with van der Waals surface area (Å²) in [5, 5.41) is 2.84. The van der Waals surface area contributed by atoms with Crippen LogP contribution >= 0.6 is 0 Å². The molecule has 6 nitrogen and oxygen atoms in total. The number of halogens is 1. The summed E-state index contributed by atoms with van der Waals surface area (Å²) in [6.45, 7) is 0.586. The zero-order valence-corrected chi connectivity index (χ0v) is 16.8. The average molecular weight is 419 g/mol. The highest BCUT2D eigenvalue weighted by atomic mass is 19.1. The highest BCUT2D eigenvalue weighted by Crippen LogP contribution is 2.21. The molecule has 2 heterocycles. The predicted molar refractivity (Wildman–Crippen MR) is 114 cm³/mol. The summed E-state index contributed by atoms with van der Waals surface area (Å²) in [4.78, 5) is 31.1. The predicted octanol–water partition coefficient (Wildman–Crippen LogP) is 2.84. The lowest BCUT2D eigenvalue weighted by molar-refractivity contribution is -0.144. The second kappa shape index (κ2) is 9.38. The minimum absolute atomic E-state index is 0.187. The van der Waals surface area contributed by atoms with Crippen LogP contribution in [-0.2, 0) is 16.0 Å². The molecular formula is C24H22FN3O3. The van der Waals surface area contributed by atoms with Crippen molar-refractivity contribution >= 4 is 11.8 Å². The fraction of sp³-hybridized carbons (Fsp3) is 0.208. The van der Waals surface area contributed by atoms with E-state index in [-0.39, 0.29) is 24.2 Å². The number of hydrogen-bond donors (Lipinski definition) is 1. The van der Waals surface area contributed by atoms with Crippen LogP contribution < -0.4 is 10.1 Å². The Morgan fingerprint density at radius 3 is 2.71 bits per heavy atom. The molecule has 158 valence electrons. The van der Waals surface area contributed by atoms with E-state index in [0.717, 1.165) is 16.7 Å². The van der Waals surface area contributed by atoms with E-state index in [2.05, 4.69) is 10.3 Å². The van der Waals surface area contributed by atoms with Crippen LogP contribution in [0.1, 0.15) is 5.56 Å². The van der Waals surface area contributed by atoms with Crippen LogP contribution in [0.4, 0.5) is 4.39 Å². The van der Waals surface area contributed by atoms with Crippen LogP contribution in [0.3, 0.4) is 0 Å². The topological polar surface area (TPSA) is 71.5 Å². The number of nitrogens with zero attached hydrogens (tertiary/aromatic N) is 2. The van der Waals surface area contributed by atoms with Crippen molar-refractivity contribution in [3.05, 3.63) is 84.4 Å². The maximum Gasteiger partial charge on any atom is 0.261 e. The summed E-state index contributed by atoms with van der Waals surface area (Å²) in [6.07, 6.45) is 3.90. The number of pyridine rings is 1. The Kier molecular flexibility index (Phi) is 6.21. The molecule has 0 spiro atoms. The van der Waals surface area contributed by atoms with E-state index in [9.17, 15) is 14.0 Å². The summed E-state index contributed by atoms with van der Waals surface area (Å²) in [6, 6.07) is 16.6. The summed E-state index contributed by atoms with van der Waals surface area (Å²) in [5.74, 6) is -0.447. The number of nitrogens with one attached hydrogen (secondary N) is 1. The Bertz CT molecular complexity index is 1060. The molecule has 1 N–H and O–H groups in total. The molecule has 31 heavy (non-hydrogen) atoms. The number of piperazine rings is 1. The first kappa shape index (κ1) is 20.5. The summed E-state index contributed by atoms with van der Waals surface area (Å²) in [5.41, 5.74) is 2.93. The molecule has 1 aliphatic rings. The van der Waals surface area contributed by atoms with Gasteiger partial charge in [-0.1, -0.05) is 30.3 Å². The lowest BCUT2D eigenvalue weighted by Crippen LogP contribution is -2.58. The van der Waals surface area contributed by atoms with Crippen LogP contribution in [-0.4, -0.2) is 47.4 Å². The third-order valence-electron chi connectivity index (χ3n) is 5.18. The van der Waals surface area contributed by atoms with Gasteiger partial charge in [0.15, 0.2) is 6.61 Å². The lowest BCUT2D eigenvalue weighted by atomic mass is 9.98. The van der Waals surface area contributed by atoms with Crippen LogP contribution in [0.5, 0.6) is 5.75 Å².